The normalized spacial score (nSPS) is 7.92. The van der Waals surface area contributed by atoms with Crippen molar-refractivity contribution in [1.29, 1.82) is 0 Å². The third-order valence-electron chi connectivity index (χ3n) is 1.35. The van der Waals surface area contributed by atoms with E-state index in [1.807, 2.05) is 38.1 Å². The summed E-state index contributed by atoms with van der Waals surface area (Å²) in [6.07, 6.45) is 1.80. The van der Waals surface area contributed by atoms with E-state index in [1.54, 1.807) is 13.2 Å². The lowest BCUT2D eigenvalue weighted by molar-refractivity contribution is 0.415. The van der Waals surface area contributed by atoms with Crippen LogP contribution in [0.5, 0.6) is 5.75 Å². The zero-order chi connectivity index (χ0) is 9.40. The minimum Gasteiger partial charge on any atom is -0.497 e. The van der Waals surface area contributed by atoms with Gasteiger partial charge in [-0.15, -0.1) is 0 Å². The standard InChI is InChI=1S/C9H10O.C2H6/c1-3-8-4-6-9(10-2)7-5-8;1-2/h3-7H,1H2,2H3;1-2H3. The second kappa shape index (κ2) is 6.47. The van der Waals surface area contributed by atoms with Gasteiger partial charge in [-0.2, -0.15) is 0 Å². The zero-order valence-corrected chi connectivity index (χ0v) is 8.00. The summed E-state index contributed by atoms with van der Waals surface area (Å²) in [7, 11) is 1.66. The Morgan fingerprint density at radius 2 is 1.67 bits per heavy atom. The number of benzene rings is 1. The molecular formula is C11H16O. The summed E-state index contributed by atoms with van der Waals surface area (Å²) in [6.45, 7) is 7.65. The van der Waals surface area contributed by atoms with Crippen LogP contribution in [0.2, 0.25) is 0 Å². The maximum atomic E-state index is 4.98. The average Bonchev–Trinajstić information content (AvgIpc) is 2.21. The van der Waals surface area contributed by atoms with Crippen LogP contribution in [-0.4, -0.2) is 7.11 Å². The first-order valence-electron chi connectivity index (χ1n) is 4.13. The monoisotopic (exact) mass is 164 g/mol. The Morgan fingerprint density at radius 3 is 2.00 bits per heavy atom. The number of methoxy groups -OCH3 is 1. The van der Waals surface area contributed by atoms with Gasteiger partial charge in [0.2, 0.25) is 0 Å². The molecule has 0 saturated carbocycles. The second-order valence-electron chi connectivity index (χ2n) is 1.98. The van der Waals surface area contributed by atoms with Crippen molar-refractivity contribution < 1.29 is 4.74 Å². The van der Waals surface area contributed by atoms with Gasteiger partial charge in [-0.05, 0) is 17.7 Å². The highest BCUT2D eigenvalue weighted by molar-refractivity contribution is 5.48. The quantitative estimate of drug-likeness (QED) is 0.651. The smallest absolute Gasteiger partial charge is 0.118 e. The Hall–Kier alpha value is -1.24. The van der Waals surface area contributed by atoms with E-state index in [0.29, 0.717) is 0 Å². The molecule has 66 valence electrons. The van der Waals surface area contributed by atoms with E-state index < -0.39 is 0 Å². The number of rotatable bonds is 2. The minimum atomic E-state index is 0.880. The lowest BCUT2D eigenvalue weighted by Crippen LogP contribution is -1.80. The molecule has 1 nitrogen and oxygen atoms in total. The Kier molecular flexibility index (Phi) is 5.80. The summed E-state index contributed by atoms with van der Waals surface area (Å²) in [5.74, 6) is 0.880. The molecule has 0 heterocycles. The van der Waals surface area contributed by atoms with Crippen molar-refractivity contribution in [2.45, 2.75) is 13.8 Å². The van der Waals surface area contributed by atoms with Gasteiger partial charge in [0, 0.05) is 0 Å². The fourth-order valence-electron chi connectivity index (χ4n) is 0.740. The first-order valence-corrected chi connectivity index (χ1v) is 4.13. The first-order chi connectivity index (χ1) is 5.86. The third kappa shape index (κ3) is 3.24. The van der Waals surface area contributed by atoms with Crippen LogP contribution in [0.3, 0.4) is 0 Å². The first kappa shape index (κ1) is 10.8. The summed E-state index contributed by atoms with van der Waals surface area (Å²) in [5.41, 5.74) is 1.11. The van der Waals surface area contributed by atoms with Crippen molar-refractivity contribution in [3.8, 4) is 5.75 Å². The van der Waals surface area contributed by atoms with Crippen LogP contribution >= 0.6 is 0 Å². The van der Waals surface area contributed by atoms with Gasteiger partial charge in [-0.25, -0.2) is 0 Å². The SMILES string of the molecule is C=Cc1ccc(OC)cc1.CC. The average molecular weight is 164 g/mol. The number of ether oxygens (including phenoxy) is 1. The molecule has 0 saturated heterocycles. The molecule has 1 rings (SSSR count). The molecule has 0 amide bonds. The molecule has 0 bridgehead atoms. The molecule has 1 aromatic rings. The van der Waals surface area contributed by atoms with E-state index in [2.05, 4.69) is 6.58 Å². The lowest BCUT2D eigenvalue weighted by Gasteiger charge is -1.97. The largest absolute Gasteiger partial charge is 0.497 e. The van der Waals surface area contributed by atoms with Crippen molar-refractivity contribution in [1.82, 2.24) is 0 Å². The Labute approximate surface area is 74.7 Å². The predicted octanol–water partition coefficient (Wildman–Crippen LogP) is 3.36. The van der Waals surface area contributed by atoms with Gasteiger partial charge in [0.05, 0.1) is 7.11 Å². The molecule has 0 N–H and O–H groups in total. The van der Waals surface area contributed by atoms with Crippen LogP contribution in [0, 0.1) is 0 Å². The third-order valence-corrected chi connectivity index (χ3v) is 1.35. The summed E-state index contributed by atoms with van der Waals surface area (Å²) < 4.78 is 4.98. The molecule has 1 heteroatoms. The van der Waals surface area contributed by atoms with Gasteiger partial charge in [-0.3, -0.25) is 0 Å². The Bertz CT molecular complexity index is 211. The molecule has 0 aliphatic carbocycles. The molecule has 0 aliphatic heterocycles. The van der Waals surface area contributed by atoms with Gasteiger partial charge in [0.15, 0.2) is 0 Å². The minimum absolute atomic E-state index is 0.880. The van der Waals surface area contributed by atoms with Crippen molar-refractivity contribution in [2.75, 3.05) is 7.11 Å². The van der Waals surface area contributed by atoms with Gasteiger partial charge < -0.3 is 4.74 Å². The van der Waals surface area contributed by atoms with Gasteiger partial charge in [-0.1, -0.05) is 38.6 Å². The van der Waals surface area contributed by atoms with Gasteiger partial charge in [0.1, 0.15) is 5.75 Å². The van der Waals surface area contributed by atoms with Gasteiger partial charge in [0.25, 0.3) is 0 Å². The molecule has 0 atom stereocenters. The molecule has 12 heavy (non-hydrogen) atoms. The van der Waals surface area contributed by atoms with Crippen molar-refractivity contribution in [2.24, 2.45) is 0 Å². The molecule has 0 fully saturated rings. The molecule has 0 spiro atoms. The van der Waals surface area contributed by atoms with Crippen molar-refractivity contribution >= 4 is 6.08 Å². The molecule has 0 unspecified atom stereocenters. The summed E-state index contributed by atoms with van der Waals surface area (Å²) >= 11 is 0. The van der Waals surface area contributed by atoms with E-state index in [1.165, 1.54) is 0 Å². The second-order valence-corrected chi connectivity index (χ2v) is 1.98. The Morgan fingerprint density at radius 1 is 1.17 bits per heavy atom. The van der Waals surface area contributed by atoms with Crippen molar-refractivity contribution in [3.63, 3.8) is 0 Å². The summed E-state index contributed by atoms with van der Waals surface area (Å²) in [4.78, 5) is 0. The highest BCUT2D eigenvalue weighted by atomic mass is 16.5. The molecule has 0 aliphatic rings. The molecule has 0 aromatic heterocycles. The highest BCUT2D eigenvalue weighted by Gasteiger charge is 1.87. The summed E-state index contributed by atoms with van der Waals surface area (Å²) in [5, 5.41) is 0. The lowest BCUT2D eigenvalue weighted by atomic mass is 10.2. The topological polar surface area (TPSA) is 9.23 Å². The van der Waals surface area contributed by atoms with E-state index in [4.69, 9.17) is 4.74 Å². The Balaban J connectivity index is 0.000000561. The van der Waals surface area contributed by atoms with Crippen LogP contribution in [0.15, 0.2) is 30.8 Å². The number of hydrogen-bond acceptors (Lipinski definition) is 1. The van der Waals surface area contributed by atoms with Crippen molar-refractivity contribution in [3.05, 3.63) is 36.4 Å². The van der Waals surface area contributed by atoms with E-state index in [0.717, 1.165) is 11.3 Å². The van der Waals surface area contributed by atoms with E-state index in [9.17, 15) is 0 Å². The van der Waals surface area contributed by atoms with Crippen LogP contribution in [0.1, 0.15) is 19.4 Å². The van der Waals surface area contributed by atoms with Gasteiger partial charge >= 0.3 is 0 Å². The molecular weight excluding hydrogens is 148 g/mol. The van der Waals surface area contributed by atoms with Crippen LogP contribution < -0.4 is 4.74 Å². The van der Waals surface area contributed by atoms with Crippen LogP contribution in [0.25, 0.3) is 6.08 Å². The number of hydrogen-bond donors (Lipinski definition) is 0. The maximum Gasteiger partial charge on any atom is 0.118 e. The van der Waals surface area contributed by atoms with Crippen LogP contribution in [0.4, 0.5) is 0 Å². The maximum absolute atomic E-state index is 4.98. The fraction of sp³-hybridized carbons (Fsp3) is 0.273. The zero-order valence-electron chi connectivity index (χ0n) is 8.00. The highest BCUT2D eigenvalue weighted by Crippen LogP contribution is 2.11. The molecule has 0 radical (unpaired) electrons. The fourth-order valence-corrected chi connectivity index (χ4v) is 0.740. The van der Waals surface area contributed by atoms with E-state index >= 15 is 0 Å². The van der Waals surface area contributed by atoms with Crippen LogP contribution in [-0.2, 0) is 0 Å². The predicted molar refractivity (Wildman–Crippen MR) is 54.4 cm³/mol. The summed E-state index contributed by atoms with van der Waals surface area (Å²) in [6, 6.07) is 7.76. The molecule has 1 aromatic carbocycles. The van der Waals surface area contributed by atoms with E-state index in [-0.39, 0.29) is 0 Å².